The Morgan fingerprint density at radius 2 is 1.88 bits per heavy atom. The number of rotatable bonds is 3. The van der Waals surface area contributed by atoms with Gasteiger partial charge in [0, 0.05) is 38.4 Å². The van der Waals surface area contributed by atoms with Gasteiger partial charge in [-0.15, -0.1) is 0 Å². The third-order valence-corrected chi connectivity index (χ3v) is 5.43. The summed E-state index contributed by atoms with van der Waals surface area (Å²) in [5, 5.41) is 3.70. The van der Waals surface area contributed by atoms with E-state index in [-0.39, 0.29) is 0 Å². The van der Waals surface area contributed by atoms with Gasteiger partial charge in [0.15, 0.2) is 5.82 Å². The molecule has 0 amide bonds. The molecule has 1 aliphatic heterocycles. The molecule has 6 nitrogen and oxygen atoms in total. The van der Waals surface area contributed by atoms with Gasteiger partial charge in [0.1, 0.15) is 11.3 Å². The molecule has 0 bridgehead atoms. The molecule has 0 spiro atoms. The van der Waals surface area contributed by atoms with E-state index in [0.717, 1.165) is 55.0 Å². The Morgan fingerprint density at radius 1 is 1.12 bits per heavy atom. The van der Waals surface area contributed by atoms with Gasteiger partial charge in [-0.2, -0.15) is 0 Å². The van der Waals surface area contributed by atoms with Crippen LogP contribution < -0.4 is 5.32 Å². The molecule has 0 aromatic carbocycles. The Morgan fingerprint density at radius 3 is 2.62 bits per heavy atom. The standard InChI is InChI=1S/C18H27N5O/c1-13-19-16-7-8-22(2)17(16)18(20-13)21-14-3-5-15(6-4-14)23-9-11-24-12-10-23/h7-8,14-15H,3-6,9-12H2,1-2H3,(H,19,20,21). The second-order valence-corrected chi connectivity index (χ2v) is 7.08. The van der Waals surface area contributed by atoms with Crippen LogP contribution in [-0.4, -0.2) is 57.8 Å². The molecule has 1 saturated carbocycles. The predicted octanol–water partition coefficient (Wildman–Crippen LogP) is 2.33. The van der Waals surface area contributed by atoms with Crippen molar-refractivity contribution in [2.75, 3.05) is 31.6 Å². The van der Waals surface area contributed by atoms with Gasteiger partial charge in [0.2, 0.25) is 0 Å². The van der Waals surface area contributed by atoms with Crippen molar-refractivity contribution in [3.63, 3.8) is 0 Å². The van der Waals surface area contributed by atoms with Crippen LogP contribution in [0.25, 0.3) is 11.0 Å². The number of morpholine rings is 1. The summed E-state index contributed by atoms with van der Waals surface area (Å²) < 4.78 is 7.58. The van der Waals surface area contributed by atoms with E-state index < -0.39 is 0 Å². The Kier molecular flexibility index (Phi) is 4.41. The lowest BCUT2D eigenvalue weighted by atomic mass is 9.90. The molecule has 2 aromatic heterocycles. The van der Waals surface area contributed by atoms with Crippen molar-refractivity contribution in [3.05, 3.63) is 18.1 Å². The summed E-state index contributed by atoms with van der Waals surface area (Å²) in [4.78, 5) is 11.8. The van der Waals surface area contributed by atoms with Crippen LogP contribution in [-0.2, 0) is 11.8 Å². The van der Waals surface area contributed by atoms with E-state index >= 15 is 0 Å². The topological polar surface area (TPSA) is 55.2 Å². The zero-order valence-electron chi connectivity index (χ0n) is 14.7. The number of nitrogens with one attached hydrogen (secondary N) is 1. The molecule has 3 heterocycles. The highest BCUT2D eigenvalue weighted by Crippen LogP contribution is 2.28. The number of nitrogens with zero attached hydrogens (tertiary/aromatic N) is 4. The van der Waals surface area contributed by atoms with Crippen LogP contribution in [0.5, 0.6) is 0 Å². The summed E-state index contributed by atoms with van der Waals surface area (Å²) in [5.74, 6) is 1.82. The van der Waals surface area contributed by atoms with Crippen molar-refractivity contribution in [3.8, 4) is 0 Å². The van der Waals surface area contributed by atoms with Gasteiger partial charge >= 0.3 is 0 Å². The Labute approximate surface area is 143 Å². The number of aromatic nitrogens is 3. The molecule has 24 heavy (non-hydrogen) atoms. The molecule has 1 N–H and O–H groups in total. The number of hydrogen-bond acceptors (Lipinski definition) is 5. The molecule has 0 atom stereocenters. The van der Waals surface area contributed by atoms with Crippen LogP contribution in [0.1, 0.15) is 31.5 Å². The summed E-state index contributed by atoms with van der Waals surface area (Å²) in [5.41, 5.74) is 2.13. The highest BCUT2D eigenvalue weighted by Gasteiger charge is 2.27. The summed E-state index contributed by atoms with van der Waals surface area (Å²) in [6, 6.07) is 3.30. The van der Waals surface area contributed by atoms with E-state index in [1.54, 1.807) is 0 Å². The number of aryl methyl sites for hydroxylation is 2. The molecule has 2 aliphatic rings. The minimum atomic E-state index is 0.509. The quantitative estimate of drug-likeness (QED) is 0.937. The average Bonchev–Trinajstić information content (AvgIpc) is 2.97. The first kappa shape index (κ1) is 15.8. The van der Waals surface area contributed by atoms with Gasteiger partial charge in [-0.3, -0.25) is 4.90 Å². The normalized spacial score (nSPS) is 25.9. The van der Waals surface area contributed by atoms with Crippen molar-refractivity contribution in [1.29, 1.82) is 0 Å². The maximum absolute atomic E-state index is 5.48. The minimum absolute atomic E-state index is 0.509. The number of fused-ring (bicyclic) bond motifs is 1. The van der Waals surface area contributed by atoms with E-state index in [1.807, 2.05) is 6.92 Å². The summed E-state index contributed by atoms with van der Waals surface area (Å²) in [6.45, 7) is 5.94. The zero-order chi connectivity index (χ0) is 16.5. The van der Waals surface area contributed by atoms with Crippen LogP contribution in [0.3, 0.4) is 0 Å². The minimum Gasteiger partial charge on any atom is -0.379 e. The molecular formula is C18H27N5O. The lowest BCUT2D eigenvalue weighted by molar-refractivity contribution is 0.00791. The van der Waals surface area contributed by atoms with Gasteiger partial charge < -0.3 is 14.6 Å². The Hall–Kier alpha value is -1.66. The van der Waals surface area contributed by atoms with Crippen molar-refractivity contribution in [1.82, 2.24) is 19.4 Å². The van der Waals surface area contributed by atoms with Gasteiger partial charge in [-0.1, -0.05) is 0 Å². The third kappa shape index (κ3) is 3.13. The molecule has 1 aliphatic carbocycles. The second kappa shape index (κ2) is 6.69. The van der Waals surface area contributed by atoms with Crippen LogP contribution in [0, 0.1) is 6.92 Å². The van der Waals surface area contributed by atoms with Crippen molar-refractivity contribution in [2.24, 2.45) is 7.05 Å². The maximum atomic E-state index is 5.48. The molecule has 6 heteroatoms. The molecule has 2 aromatic rings. The van der Waals surface area contributed by atoms with E-state index in [4.69, 9.17) is 4.74 Å². The monoisotopic (exact) mass is 329 g/mol. The lowest BCUT2D eigenvalue weighted by Crippen LogP contribution is -2.46. The van der Waals surface area contributed by atoms with Gasteiger partial charge in [-0.05, 0) is 38.7 Å². The fourth-order valence-electron chi connectivity index (χ4n) is 4.13. The molecular weight excluding hydrogens is 302 g/mol. The van der Waals surface area contributed by atoms with E-state index in [2.05, 4.69) is 44.1 Å². The first-order valence-corrected chi connectivity index (χ1v) is 9.09. The molecule has 4 rings (SSSR count). The number of ether oxygens (including phenoxy) is 1. The average molecular weight is 329 g/mol. The van der Waals surface area contributed by atoms with Crippen molar-refractivity contribution in [2.45, 2.75) is 44.7 Å². The highest BCUT2D eigenvalue weighted by atomic mass is 16.5. The highest BCUT2D eigenvalue weighted by molar-refractivity contribution is 5.86. The first-order chi connectivity index (χ1) is 11.7. The summed E-state index contributed by atoms with van der Waals surface area (Å²) >= 11 is 0. The molecule has 0 radical (unpaired) electrons. The van der Waals surface area contributed by atoms with Crippen molar-refractivity contribution >= 4 is 16.9 Å². The second-order valence-electron chi connectivity index (χ2n) is 7.08. The Balaban J connectivity index is 1.43. The molecule has 1 saturated heterocycles. The van der Waals surface area contributed by atoms with Gasteiger partial charge in [0.25, 0.3) is 0 Å². The first-order valence-electron chi connectivity index (χ1n) is 9.09. The van der Waals surface area contributed by atoms with Crippen molar-refractivity contribution < 1.29 is 4.74 Å². The fourth-order valence-corrected chi connectivity index (χ4v) is 4.13. The van der Waals surface area contributed by atoms with E-state index in [1.165, 1.54) is 25.7 Å². The molecule has 2 fully saturated rings. The molecule has 0 unspecified atom stereocenters. The number of anilines is 1. The summed E-state index contributed by atoms with van der Waals surface area (Å²) in [7, 11) is 2.06. The maximum Gasteiger partial charge on any atom is 0.154 e. The SMILES string of the molecule is Cc1nc(NC2CCC(N3CCOCC3)CC2)c2c(ccn2C)n1. The van der Waals surface area contributed by atoms with E-state index in [9.17, 15) is 0 Å². The van der Waals surface area contributed by atoms with Gasteiger partial charge in [-0.25, -0.2) is 9.97 Å². The zero-order valence-corrected chi connectivity index (χ0v) is 14.7. The lowest BCUT2D eigenvalue weighted by Gasteiger charge is -2.39. The van der Waals surface area contributed by atoms with E-state index in [0.29, 0.717) is 6.04 Å². The largest absolute Gasteiger partial charge is 0.379 e. The van der Waals surface area contributed by atoms with Crippen LogP contribution in [0.15, 0.2) is 12.3 Å². The predicted molar refractivity (Wildman–Crippen MR) is 95.3 cm³/mol. The van der Waals surface area contributed by atoms with Crippen LogP contribution in [0.2, 0.25) is 0 Å². The fraction of sp³-hybridized carbons (Fsp3) is 0.667. The third-order valence-electron chi connectivity index (χ3n) is 5.43. The Bertz CT molecular complexity index is 699. The summed E-state index contributed by atoms with van der Waals surface area (Å²) in [6.07, 6.45) is 6.99. The van der Waals surface area contributed by atoms with Gasteiger partial charge in [0.05, 0.1) is 18.7 Å². The smallest absolute Gasteiger partial charge is 0.154 e. The molecule has 130 valence electrons. The van der Waals surface area contributed by atoms with Crippen LogP contribution in [0.4, 0.5) is 5.82 Å². The van der Waals surface area contributed by atoms with Crippen LogP contribution >= 0.6 is 0 Å². The number of hydrogen-bond donors (Lipinski definition) is 1.